The van der Waals surface area contributed by atoms with Crippen molar-refractivity contribution in [2.75, 3.05) is 32.1 Å². The molecule has 1 aromatic carbocycles. The summed E-state index contributed by atoms with van der Waals surface area (Å²) in [5.74, 6) is -0.900. The lowest BCUT2D eigenvalue weighted by atomic mass is 10.2. The zero-order chi connectivity index (χ0) is 18.7. The number of hydrogen-bond acceptors (Lipinski definition) is 7. The number of aliphatic hydroxyl groups is 1. The van der Waals surface area contributed by atoms with Crippen LogP contribution in [-0.4, -0.2) is 53.7 Å². The summed E-state index contributed by atoms with van der Waals surface area (Å²) < 4.78 is 4.79. The predicted molar refractivity (Wildman–Crippen MR) is 98.6 cm³/mol. The first kappa shape index (κ1) is 18.1. The molecule has 26 heavy (non-hydrogen) atoms. The average Bonchev–Trinajstić information content (AvgIpc) is 3.20. The molecule has 1 aliphatic rings. The Morgan fingerprint density at radius 1 is 1.46 bits per heavy atom. The fraction of sp³-hybridized carbons (Fsp3) is 0.278. The van der Waals surface area contributed by atoms with E-state index < -0.39 is 5.97 Å². The Hall–Kier alpha value is -2.71. The molecular weight excluding hydrogens is 354 g/mol. The monoisotopic (exact) mass is 373 g/mol. The van der Waals surface area contributed by atoms with Gasteiger partial charge in [0.15, 0.2) is 0 Å². The van der Waals surface area contributed by atoms with Gasteiger partial charge >= 0.3 is 5.97 Å². The van der Waals surface area contributed by atoms with Crippen LogP contribution in [0.2, 0.25) is 0 Å². The highest BCUT2D eigenvalue weighted by Gasteiger charge is 2.34. The van der Waals surface area contributed by atoms with Crippen molar-refractivity contribution in [3.63, 3.8) is 0 Å². The molecule has 2 heterocycles. The Labute approximate surface area is 154 Å². The average molecular weight is 373 g/mol. The lowest BCUT2D eigenvalue weighted by molar-refractivity contribution is -0.136. The van der Waals surface area contributed by atoms with Crippen LogP contribution >= 0.6 is 11.3 Å². The number of aliphatic hydroxyl groups excluding tert-OH is 1. The Balaban J connectivity index is 1.90. The van der Waals surface area contributed by atoms with Crippen LogP contribution in [0.1, 0.15) is 5.69 Å². The molecule has 0 fully saturated rings. The lowest BCUT2D eigenvalue weighted by Gasteiger charge is -2.15. The van der Waals surface area contributed by atoms with Crippen molar-refractivity contribution < 1.29 is 19.4 Å². The molecule has 0 spiro atoms. The number of esters is 1. The van der Waals surface area contributed by atoms with Crippen molar-refractivity contribution in [3.05, 3.63) is 46.6 Å². The number of aromatic nitrogens is 1. The standard InChI is InChI=1S/C18H19N3O4S/c1-11-10-26-16(19-11)12-4-3-5-13(8-12)20-15-14(18(24)25-2)9-21(6-7-22)17(15)23/h3-5,8,10,20,22H,6-7,9H2,1-2H3. The zero-order valence-corrected chi connectivity index (χ0v) is 15.3. The van der Waals surface area contributed by atoms with Crippen LogP contribution in [0.3, 0.4) is 0 Å². The van der Waals surface area contributed by atoms with Gasteiger partial charge in [0.2, 0.25) is 0 Å². The minimum Gasteiger partial charge on any atom is -0.466 e. The van der Waals surface area contributed by atoms with E-state index in [0.29, 0.717) is 5.69 Å². The summed E-state index contributed by atoms with van der Waals surface area (Å²) in [7, 11) is 1.28. The van der Waals surface area contributed by atoms with Crippen molar-refractivity contribution in [2.24, 2.45) is 0 Å². The summed E-state index contributed by atoms with van der Waals surface area (Å²) in [6.07, 6.45) is 0. The number of nitrogens with one attached hydrogen (secondary N) is 1. The molecule has 136 valence electrons. The summed E-state index contributed by atoms with van der Waals surface area (Å²) in [5.41, 5.74) is 2.97. The Bertz CT molecular complexity index is 875. The van der Waals surface area contributed by atoms with E-state index in [4.69, 9.17) is 9.84 Å². The summed E-state index contributed by atoms with van der Waals surface area (Å²) in [6, 6.07) is 7.49. The van der Waals surface area contributed by atoms with E-state index in [1.54, 1.807) is 11.3 Å². The van der Waals surface area contributed by atoms with Crippen LogP contribution in [0.25, 0.3) is 10.6 Å². The fourth-order valence-corrected chi connectivity index (χ4v) is 3.50. The van der Waals surface area contributed by atoms with Gasteiger partial charge in [0.25, 0.3) is 5.91 Å². The summed E-state index contributed by atoms with van der Waals surface area (Å²) in [4.78, 5) is 30.5. The van der Waals surface area contributed by atoms with Crippen LogP contribution in [0.5, 0.6) is 0 Å². The zero-order valence-electron chi connectivity index (χ0n) is 14.5. The van der Waals surface area contributed by atoms with Gasteiger partial charge in [0.1, 0.15) is 10.7 Å². The molecule has 0 radical (unpaired) electrons. The fourth-order valence-electron chi connectivity index (χ4n) is 2.71. The maximum absolute atomic E-state index is 12.6. The van der Waals surface area contributed by atoms with E-state index in [2.05, 4.69) is 10.3 Å². The molecule has 0 saturated heterocycles. The van der Waals surface area contributed by atoms with Gasteiger partial charge in [-0.1, -0.05) is 12.1 Å². The van der Waals surface area contributed by atoms with Crippen molar-refractivity contribution in [3.8, 4) is 10.6 Å². The SMILES string of the molecule is COC(=O)C1=C(Nc2cccc(-c3nc(C)cs3)c2)C(=O)N(CCO)C1. The summed E-state index contributed by atoms with van der Waals surface area (Å²) in [6.45, 7) is 2.03. The Morgan fingerprint density at radius 2 is 2.27 bits per heavy atom. The third-order valence-electron chi connectivity index (χ3n) is 3.95. The first-order chi connectivity index (χ1) is 12.5. The van der Waals surface area contributed by atoms with E-state index in [1.165, 1.54) is 12.0 Å². The maximum Gasteiger partial charge on any atom is 0.337 e. The van der Waals surface area contributed by atoms with Crippen LogP contribution in [-0.2, 0) is 14.3 Å². The van der Waals surface area contributed by atoms with Gasteiger partial charge < -0.3 is 20.1 Å². The Kier molecular flexibility index (Phi) is 5.34. The van der Waals surface area contributed by atoms with E-state index in [0.717, 1.165) is 16.3 Å². The van der Waals surface area contributed by atoms with E-state index in [9.17, 15) is 9.59 Å². The van der Waals surface area contributed by atoms with Crippen LogP contribution in [0.15, 0.2) is 40.9 Å². The number of carbonyl (C=O) groups is 2. The number of carbonyl (C=O) groups excluding carboxylic acids is 2. The molecule has 0 aliphatic carbocycles. The molecule has 1 aliphatic heterocycles. The largest absolute Gasteiger partial charge is 0.466 e. The van der Waals surface area contributed by atoms with Gasteiger partial charge in [-0.15, -0.1) is 11.3 Å². The molecule has 3 rings (SSSR count). The van der Waals surface area contributed by atoms with Crippen molar-refractivity contribution >= 4 is 28.9 Å². The summed E-state index contributed by atoms with van der Waals surface area (Å²) >= 11 is 1.54. The van der Waals surface area contributed by atoms with Crippen LogP contribution in [0.4, 0.5) is 5.69 Å². The van der Waals surface area contributed by atoms with Crippen LogP contribution < -0.4 is 5.32 Å². The Morgan fingerprint density at radius 3 is 2.92 bits per heavy atom. The number of anilines is 1. The lowest BCUT2D eigenvalue weighted by Crippen LogP contribution is -2.31. The molecule has 2 aromatic rings. The van der Waals surface area contributed by atoms with Crippen molar-refractivity contribution in [1.29, 1.82) is 0 Å². The maximum atomic E-state index is 12.6. The number of amides is 1. The van der Waals surface area contributed by atoms with Crippen LogP contribution in [0, 0.1) is 6.92 Å². The summed E-state index contributed by atoms with van der Waals surface area (Å²) in [5, 5.41) is 15.0. The second-order valence-electron chi connectivity index (χ2n) is 5.80. The number of methoxy groups -OCH3 is 1. The highest BCUT2D eigenvalue weighted by molar-refractivity contribution is 7.13. The number of β-amino-alcohol motifs (C(OH)–C–C–N with tert-alkyl or cyclic N) is 1. The number of nitrogens with zero attached hydrogens (tertiary/aromatic N) is 2. The number of hydrogen-bond donors (Lipinski definition) is 2. The van der Waals surface area contributed by atoms with Gasteiger partial charge in [-0.3, -0.25) is 4.79 Å². The molecule has 8 heteroatoms. The third-order valence-corrected chi connectivity index (χ3v) is 4.96. The van der Waals surface area contributed by atoms with E-state index in [1.807, 2.05) is 36.6 Å². The molecule has 1 aromatic heterocycles. The van der Waals surface area contributed by atoms with Crippen molar-refractivity contribution in [1.82, 2.24) is 9.88 Å². The number of rotatable bonds is 6. The molecular formula is C18H19N3O4S. The minimum absolute atomic E-state index is 0.111. The number of thiazole rings is 1. The van der Waals surface area contributed by atoms with E-state index in [-0.39, 0.29) is 36.9 Å². The molecule has 1 amide bonds. The highest BCUT2D eigenvalue weighted by atomic mass is 32.1. The molecule has 0 unspecified atom stereocenters. The predicted octanol–water partition coefficient (Wildman–Crippen LogP) is 1.79. The first-order valence-electron chi connectivity index (χ1n) is 8.04. The second-order valence-corrected chi connectivity index (χ2v) is 6.65. The van der Waals surface area contributed by atoms with Gasteiger partial charge in [-0.05, 0) is 19.1 Å². The van der Waals surface area contributed by atoms with Crippen molar-refractivity contribution in [2.45, 2.75) is 6.92 Å². The van der Waals surface area contributed by atoms with E-state index >= 15 is 0 Å². The number of benzene rings is 1. The molecule has 0 atom stereocenters. The number of aryl methyl sites for hydroxylation is 1. The normalized spacial score (nSPS) is 14.1. The first-order valence-corrected chi connectivity index (χ1v) is 8.92. The topological polar surface area (TPSA) is 91.8 Å². The molecule has 7 nitrogen and oxygen atoms in total. The number of ether oxygens (including phenoxy) is 1. The molecule has 0 saturated carbocycles. The van der Waals surface area contributed by atoms with Gasteiger partial charge in [-0.2, -0.15) is 0 Å². The van der Waals surface area contributed by atoms with Gasteiger partial charge in [-0.25, -0.2) is 9.78 Å². The third kappa shape index (κ3) is 3.61. The van der Waals surface area contributed by atoms with Gasteiger partial charge in [0, 0.05) is 28.9 Å². The second kappa shape index (κ2) is 7.67. The molecule has 0 bridgehead atoms. The van der Waals surface area contributed by atoms with Gasteiger partial charge in [0.05, 0.1) is 25.8 Å². The smallest absolute Gasteiger partial charge is 0.337 e. The quantitative estimate of drug-likeness (QED) is 0.750. The highest BCUT2D eigenvalue weighted by Crippen LogP contribution is 2.28. The minimum atomic E-state index is -0.562. The molecule has 2 N–H and O–H groups in total.